The van der Waals surface area contributed by atoms with Crippen molar-refractivity contribution >= 4 is 29.1 Å². The van der Waals surface area contributed by atoms with Gasteiger partial charge in [0.2, 0.25) is 5.91 Å². The maximum Gasteiger partial charge on any atom is 0.254 e. The number of halogens is 5. The van der Waals surface area contributed by atoms with Crippen molar-refractivity contribution in [1.82, 2.24) is 4.90 Å². The molecule has 0 aliphatic carbocycles. The second-order valence-corrected chi connectivity index (χ2v) is 7.03. The van der Waals surface area contributed by atoms with Gasteiger partial charge in [-0.1, -0.05) is 11.6 Å². The van der Waals surface area contributed by atoms with Crippen molar-refractivity contribution in [2.75, 3.05) is 11.9 Å². The van der Waals surface area contributed by atoms with E-state index in [1.54, 1.807) is 0 Å². The maximum absolute atomic E-state index is 13.6. The Kier molecular flexibility index (Phi) is 6.91. The molecule has 3 aromatic rings. The van der Waals surface area contributed by atoms with Gasteiger partial charge in [0.1, 0.15) is 29.8 Å². The normalized spacial score (nSPS) is 10.6. The summed E-state index contributed by atoms with van der Waals surface area (Å²) >= 11 is 5.69. The van der Waals surface area contributed by atoms with Gasteiger partial charge in [-0.3, -0.25) is 9.59 Å². The third-order valence-electron chi connectivity index (χ3n) is 4.21. The van der Waals surface area contributed by atoms with E-state index in [0.717, 1.165) is 35.2 Å². The topological polar surface area (TPSA) is 49.4 Å². The Morgan fingerprint density at radius 3 is 2.10 bits per heavy atom. The van der Waals surface area contributed by atoms with E-state index < -0.39 is 41.6 Å². The van der Waals surface area contributed by atoms with Gasteiger partial charge in [0.15, 0.2) is 0 Å². The average molecular weight is 451 g/mol. The van der Waals surface area contributed by atoms with Crippen LogP contribution in [0.5, 0.6) is 0 Å². The smallest absolute Gasteiger partial charge is 0.254 e. The van der Waals surface area contributed by atoms with Gasteiger partial charge < -0.3 is 10.2 Å². The molecule has 31 heavy (non-hydrogen) atoms. The molecule has 160 valence electrons. The SMILES string of the molecule is O=C(CN(Cc1cc(F)cc(F)c1)C(=O)c1ccc(F)cc1)Nc1ccc(F)c(Cl)c1. The Bertz CT molecular complexity index is 1100. The Morgan fingerprint density at radius 1 is 0.839 bits per heavy atom. The van der Waals surface area contributed by atoms with Gasteiger partial charge in [-0.25, -0.2) is 17.6 Å². The lowest BCUT2D eigenvalue weighted by Crippen LogP contribution is -2.37. The van der Waals surface area contributed by atoms with Gasteiger partial charge in [-0.05, 0) is 60.2 Å². The summed E-state index contributed by atoms with van der Waals surface area (Å²) in [6, 6.07) is 10.9. The highest BCUT2D eigenvalue weighted by molar-refractivity contribution is 6.31. The second kappa shape index (κ2) is 9.61. The van der Waals surface area contributed by atoms with Crippen LogP contribution in [-0.2, 0) is 11.3 Å². The third kappa shape index (κ3) is 6.05. The molecule has 0 bridgehead atoms. The van der Waals surface area contributed by atoms with Gasteiger partial charge in [-0.2, -0.15) is 0 Å². The number of carbonyl (C=O) groups is 2. The molecule has 0 aliphatic heterocycles. The minimum atomic E-state index is -0.838. The first-order valence-corrected chi connectivity index (χ1v) is 9.34. The zero-order valence-electron chi connectivity index (χ0n) is 15.8. The number of nitrogens with one attached hydrogen (secondary N) is 1. The van der Waals surface area contributed by atoms with E-state index in [0.29, 0.717) is 6.07 Å². The molecule has 0 aliphatic rings. The van der Waals surface area contributed by atoms with Crippen LogP contribution in [0.1, 0.15) is 15.9 Å². The van der Waals surface area contributed by atoms with Crippen LogP contribution in [0, 0.1) is 23.3 Å². The Hall–Kier alpha value is -3.39. The van der Waals surface area contributed by atoms with Crippen LogP contribution in [0.25, 0.3) is 0 Å². The number of anilines is 1. The highest BCUT2D eigenvalue weighted by Gasteiger charge is 2.20. The monoisotopic (exact) mass is 450 g/mol. The van der Waals surface area contributed by atoms with E-state index >= 15 is 0 Å². The van der Waals surface area contributed by atoms with E-state index in [9.17, 15) is 27.2 Å². The van der Waals surface area contributed by atoms with Crippen LogP contribution in [0.3, 0.4) is 0 Å². The van der Waals surface area contributed by atoms with Crippen LogP contribution in [0.4, 0.5) is 23.2 Å². The summed E-state index contributed by atoms with van der Waals surface area (Å²) in [5, 5.41) is 2.27. The summed E-state index contributed by atoms with van der Waals surface area (Å²) in [7, 11) is 0. The Labute approximate surface area is 180 Å². The molecule has 0 aromatic heterocycles. The zero-order valence-corrected chi connectivity index (χ0v) is 16.6. The number of amides is 2. The van der Waals surface area contributed by atoms with Gasteiger partial charge in [0.25, 0.3) is 5.91 Å². The number of hydrogen-bond donors (Lipinski definition) is 1. The fourth-order valence-electron chi connectivity index (χ4n) is 2.84. The van der Waals surface area contributed by atoms with Crippen molar-refractivity contribution in [2.45, 2.75) is 6.54 Å². The number of benzene rings is 3. The fraction of sp³-hybridized carbons (Fsp3) is 0.0909. The Morgan fingerprint density at radius 2 is 1.48 bits per heavy atom. The lowest BCUT2D eigenvalue weighted by Gasteiger charge is -2.23. The molecular weight excluding hydrogens is 436 g/mol. The molecule has 0 spiro atoms. The largest absolute Gasteiger partial charge is 0.325 e. The van der Waals surface area contributed by atoms with Crippen molar-refractivity contribution in [3.05, 3.63) is 100 Å². The summed E-state index contributed by atoms with van der Waals surface area (Å²) < 4.78 is 53.6. The van der Waals surface area contributed by atoms with Crippen LogP contribution in [-0.4, -0.2) is 23.3 Å². The van der Waals surface area contributed by atoms with Crippen LogP contribution >= 0.6 is 11.6 Å². The minimum absolute atomic E-state index is 0.0795. The molecule has 1 N–H and O–H groups in total. The van der Waals surface area contributed by atoms with Crippen LogP contribution in [0.2, 0.25) is 5.02 Å². The van der Waals surface area contributed by atoms with Gasteiger partial charge in [0.05, 0.1) is 5.02 Å². The predicted octanol–water partition coefficient (Wildman–Crippen LogP) is 5.18. The first-order chi connectivity index (χ1) is 14.7. The molecule has 3 aromatic carbocycles. The van der Waals surface area contributed by atoms with Crippen LogP contribution in [0.15, 0.2) is 60.7 Å². The number of nitrogens with zero attached hydrogens (tertiary/aromatic N) is 1. The highest BCUT2D eigenvalue weighted by Crippen LogP contribution is 2.20. The summed E-state index contributed by atoms with van der Waals surface area (Å²) in [4.78, 5) is 26.4. The van der Waals surface area contributed by atoms with Gasteiger partial charge >= 0.3 is 0 Å². The molecule has 0 saturated carbocycles. The van der Waals surface area contributed by atoms with Crippen molar-refractivity contribution < 1.29 is 27.2 Å². The predicted molar refractivity (Wildman–Crippen MR) is 108 cm³/mol. The molecule has 0 atom stereocenters. The van der Waals surface area contributed by atoms with Crippen LogP contribution < -0.4 is 5.32 Å². The summed E-state index contributed by atoms with van der Waals surface area (Å²) in [5.74, 6) is -4.21. The van der Waals surface area contributed by atoms with E-state index in [4.69, 9.17) is 11.6 Å². The molecular formula is C22H15ClF4N2O2. The van der Waals surface area contributed by atoms with Crippen molar-refractivity contribution in [2.24, 2.45) is 0 Å². The van der Waals surface area contributed by atoms with E-state index in [2.05, 4.69) is 5.32 Å². The molecule has 2 amide bonds. The molecule has 0 fully saturated rings. The van der Waals surface area contributed by atoms with Crippen molar-refractivity contribution in [3.63, 3.8) is 0 Å². The van der Waals surface area contributed by atoms with Crippen molar-refractivity contribution in [3.8, 4) is 0 Å². The van der Waals surface area contributed by atoms with Crippen molar-refractivity contribution in [1.29, 1.82) is 0 Å². The summed E-state index contributed by atoms with van der Waals surface area (Å²) in [6.45, 7) is -0.786. The standard InChI is InChI=1S/C22H15ClF4N2O2/c23-19-10-18(5-6-20(19)27)28-21(30)12-29(11-13-7-16(25)9-17(26)8-13)22(31)14-1-3-15(24)4-2-14/h1-10H,11-12H2,(H,28,30). The molecule has 0 unspecified atom stereocenters. The Balaban J connectivity index is 1.83. The quantitative estimate of drug-likeness (QED) is 0.526. The molecule has 9 heteroatoms. The average Bonchev–Trinajstić information content (AvgIpc) is 2.69. The number of hydrogen-bond acceptors (Lipinski definition) is 2. The lowest BCUT2D eigenvalue weighted by molar-refractivity contribution is -0.117. The van der Waals surface area contributed by atoms with Gasteiger partial charge in [-0.15, -0.1) is 0 Å². The summed E-state index contributed by atoms with van der Waals surface area (Å²) in [6.07, 6.45) is 0. The first kappa shape index (κ1) is 22.3. The molecule has 0 saturated heterocycles. The zero-order chi connectivity index (χ0) is 22.5. The third-order valence-corrected chi connectivity index (χ3v) is 4.50. The molecule has 0 heterocycles. The molecule has 0 radical (unpaired) electrons. The first-order valence-electron chi connectivity index (χ1n) is 8.96. The number of carbonyl (C=O) groups excluding carboxylic acids is 2. The second-order valence-electron chi connectivity index (χ2n) is 6.62. The fourth-order valence-corrected chi connectivity index (χ4v) is 3.03. The molecule has 4 nitrogen and oxygen atoms in total. The lowest BCUT2D eigenvalue weighted by atomic mass is 10.1. The maximum atomic E-state index is 13.6. The minimum Gasteiger partial charge on any atom is -0.325 e. The van der Waals surface area contributed by atoms with Gasteiger partial charge in [0, 0.05) is 23.9 Å². The van der Waals surface area contributed by atoms with E-state index in [-0.39, 0.29) is 28.4 Å². The van der Waals surface area contributed by atoms with E-state index in [1.165, 1.54) is 24.3 Å². The molecule has 3 rings (SSSR count). The van der Waals surface area contributed by atoms with E-state index in [1.807, 2.05) is 0 Å². The summed E-state index contributed by atoms with van der Waals surface area (Å²) in [5.41, 5.74) is 0.392. The number of rotatable bonds is 6. The highest BCUT2D eigenvalue weighted by atomic mass is 35.5.